The van der Waals surface area contributed by atoms with Gasteiger partial charge in [0.05, 0.1) is 24.6 Å². The summed E-state index contributed by atoms with van der Waals surface area (Å²) < 4.78 is 27.6. The molecule has 0 amide bonds. The Labute approximate surface area is 204 Å². The summed E-state index contributed by atoms with van der Waals surface area (Å²) in [5.74, 6) is 1.07. The number of halogens is 1. The molecular weight excluding hydrogens is 441 g/mol. The van der Waals surface area contributed by atoms with E-state index in [0.717, 1.165) is 50.6 Å². The predicted octanol–water partition coefficient (Wildman–Crippen LogP) is 6.43. The Hall–Kier alpha value is -4.11. The quantitative estimate of drug-likeness (QED) is 0.324. The van der Waals surface area contributed by atoms with Gasteiger partial charge in [0, 0.05) is 35.4 Å². The number of rotatable bonds is 4. The van der Waals surface area contributed by atoms with Crippen molar-refractivity contribution in [3.8, 4) is 17.6 Å². The van der Waals surface area contributed by atoms with Crippen LogP contribution in [0, 0.1) is 17.1 Å². The molecule has 176 valence electrons. The Bertz CT molecular complexity index is 1530. The molecule has 6 heteroatoms. The van der Waals surface area contributed by atoms with Gasteiger partial charge < -0.3 is 13.9 Å². The average molecular weight is 468 g/mol. The number of imidazole rings is 1. The van der Waals surface area contributed by atoms with Crippen molar-refractivity contribution in [3.63, 3.8) is 0 Å². The van der Waals surface area contributed by atoms with Gasteiger partial charge in [-0.2, -0.15) is 5.26 Å². The largest absolute Gasteiger partial charge is 0.493 e. The Kier molecular flexibility index (Phi) is 5.78. The molecule has 35 heavy (non-hydrogen) atoms. The summed E-state index contributed by atoms with van der Waals surface area (Å²) >= 11 is 0. The first-order chi connectivity index (χ1) is 16.9. The maximum Gasteiger partial charge on any atom is 0.180 e. The molecule has 3 heterocycles. The molecule has 0 bridgehead atoms. The maximum atomic E-state index is 13.9. The van der Waals surface area contributed by atoms with Crippen LogP contribution >= 0.6 is 0 Å². The highest BCUT2D eigenvalue weighted by Crippen LogP contribution is 2.39. The van der Waals surface area contributed by atoms with Crippen LogP contribution < -0.4 is 9.47 Å². The van der Waals surface area contributed by atoms with Crippen LogP contribution in [0.4, 0.5) is 4.39 Å². The van der Waals surface area contributed by atoms with Gasteiger partial charge in [0.2, 0.25) is 0 Å². The van der Waals surface area contributed by atoms with Crippen LogP contribution in [-0.2, 0) is 13.0 Å². The summed E-state index contributed by atoms with van der Waals surface area (Å²) in [6.45, 7) is 6.35. The van der Waals surface area contributed by atoms with Gasteiger partial charge in [0.1, 0.15) is 18.2 Å². The number of hydrogen-bond acceptors (Lipinski definition) is 4. The van der Waals surface area contributed by atoms with Gasteiger partial charge in [0.25, 0.3) is 0 Å². The van der Waals surface area contributed by atoms with Crippen molar-refractivity contribution in [2.45, 2.75) is 39.7 Å². The van der Waals surface area contributed by atoms with E-state index in [-0.39, 0.29) is 11.7 Å². The van der Waals surface area contributed by atoms with Gasteiger partial charge in [0.15, 0.2) is 11.4 Å². The molecule has 0 spiro atoms. The van der Waals surface area contributed by atoms with Crippen LogP contribution in [0.15, 0.2) is 60.3 Å². The summed E-state index contributed by atoms with van der Waals surface area (Å²) in [4.78, 5) is 4.90. The zero-order valence-electron chi connectivity index (χ0n) is 20.2. The number of hydrogen-bond donors (Lipinski definition) is 0. The molecule has 0 radical (unpaired) electrons. The number of ether oxygens (including phenoxy) is 2. The molecule has 0 atom stereocenters. The minimum Gasteiger partial charge on any atom is -0.493 e. The molecule has 0 saturated carbocycles. The third kappa shape index (κ3) is 3.93. The second-order valence-corrected chi connectivity index (χ2v) is 9.08. The number of aromatic nitrogens is 2. The first-order valence-electron chi connectivity index (χ1n) is 11.6. The van der Waals surface area contributed by atoms with Gasteiger partial charge in [-0.25, -0.2) is 9.37 Å². The smallest absolute Gasteiger partial charge is 0.180 e. The van der Waals surface area contributed by atoms with E-state index in [0.29, 0.717) is 24.4 Å². The zero-order valence-corrected chi connectivity index (χ0v) is 20.2. The molecule has 0 aliphatic carbocycles. The summed E-state index contributed by atoms with van der Waals surface area (Å²) in [6.07, 6.45) is 2.69. The first-order valence-corrected chi connectivity index (χ1v) is 11.6. The minimum atomic E-state index is -0.367. The third-order valence-electron chi connectivity index (χ3n) is 6.46. The summed E-state index contributed by atoms with van der Waals surface area (Å²) in [5.41, 5.74) is 8.01. The number of allylic oxidation sites excluding steroid dienone is 1. The maximum absolute atomic E-state index is 13.9. The number of methoxy groups -OCH3 is 1. The molecule has 1 aliphatic rings. The number of fused-ring (bicyclic) bond motifs is 3. The fraction of sp³-hybridized carbons (Fsp3) is 0.241. The van der Waals surface area contributed by atoms with Crippen LogP contribution in [0.1, 0.15) is 60.3 Å². The lowest BCUT2D eigenvalue weighted by Gasteiger charge is -2.13. The molecule has 0 unspecified atom stereocenters. The van der Waals surface area contributed by atoms with Crippen LogP contribution in [-0.4, -0.2) is 16.5 Å². The molecule has 0 saturated heterocycles. The van der Waals surface area contributed by atoms with E-state index in [1.54, 1.807) is 20.1 Å². The fourth-order valence-corrected chi connectivity index (χ4v) is 4.80. The van der Waals surface area contributed by atoms with Crippen molar-refractivity contribution in [3.05, 3.63) is 99.8 Å². The number of benzene rings is 2. The molecule has 1 aliphatic heterocycles. The van der Waals surface area contributed by atoms with Crippen molar-refractivity contribution in [2.75, 3.05) is 7.11 Å². The molecule has 5 nitrogen and oxygen atoms in total. The molecule has 2 aromatic carbocycles. The van der Waals surface area contributed by atoms with E-state index in [1.807, 2.05) is 24.4 Å². The molecule has 0 fully saturated rings. The topological polar surface area (TPSA) is 59.5 Å². The molecule has 2 aromatic heterocycles. The van der Waals surface area contributed by atoms with E-state index in [9.17, 15) is 9.65 Å². The van der Waals surface area contributed by atoms with E-state index >= 15 is 0 Å². The van der Waals surface area contributed by atoms with E-state index < -0.39 is 0 Å². The highest BCUT2D eigenvalue weighted by atomic mass is 19.1. The first kappa shape index (κ1) is 22.7. The summed E-state index contributed by atoms with van der Waals surface area (Å²) in [6, 6.07) is 16.9. The second kappa shape index (κ2) is 8.92. The van der Waals surface area contributed by atoms with Crippen LogP contribution in [0.2, 0.25) is 0 Å². The lowest BCUT2D eigenvalue weighted by molar-refractivity contribution is 0.305. The average Bonchev–Trinajstić information content (AvgIpc) is 3.15. The van der Waals surface area contributed by atoms with Gasteiger partial charge >= 0.3 is 0 Å². The predicted molar refractivity (Wildman–Crippen MR) is 133 cm³/mol. The molecule has 0 N–H and O–H groups in total. The number of nitrogens with zero attached hydrogens (tertiary/aromatic N) is 3. The highest BCUT2D eigenvalue weighted by molar-refractivity contribution is 5.88. The lowest BCUT2D eigenvalue weighted by Crippen LogP contribution is -2.03. The van der Waals surface area contributed by atoms with Crippen LogP contribution in [0.3, 0.4) is 0 Å². The van der Waals surface area contributed by atoms with E-state index in [4.69, 9.17) is 14.5 Å². The van der Waals surface area contributed by atoms with Crippen molar-refractivity contribution in [1.82, 2.24) is 9.38 Å². The van der Waals surface area contributed by atoms with E-state index in [1.165, 1.54) is 12.1 Å². The summed E-state index contributed by atoms with van der Waals surface area (Å²) in [5, 5.41) is 9.69. The van der Waals surface area contributed by atoms with Gasteiger partial charge in [-0.05, 0) is 53.8 Å². The molecular formula is C29H26FN3O2. The lowest BCUT2D eigenvalue weighted by atomic mass is 9.89. The molecule has 5 rings (SSSR count). The van der Waals surface area contributed by atoms with Gasteiger partial charge in [-0.1, -0.05) is 32.0 Å². The summed E-state index contributed by atoms with van der Waals surface area (Å²) in [7, 11) is 1.66. The molecule has 4 aromatic rings. The SMILES string of the molecule is COc1cccn2c(Cc3ccc4c(c3)COc3cc(F)ccc3/C4=C(\C)C#N)c(C(C)C)nc12. The highest BCUT2D eigenvalue weighted by Gasteiger charge is 2.23. The Balaban J connectivity index is 1.62. The zero-order chi connectivity index (χ0) is 24.7. The monoisotopic (exact) mass is 467 g/mol. The van der Waals surface area contributed by atoms with Crippen molar-refractivity contribution < 1.29 is 13.9 Å². The van der Waals surface area contributed by atoms with Crippen molar-refractivity contribution in [1.29, 1.82) is 5.26 Å². The number of nitriles is 1. The number of pyridine rings is 1. The Morgan fingerprint density at radius 3 is 2.74 bits per heavy atom. The minimum absolute atomic E-state index is 0.246. The van der Waals surface area contributed by atoms with Gasteiger partial charge in [-0.15, -0.1) is 0 Å². The Morgan fingerprint density at radius 2 is 2.00 bits per heavy atom. The normalized spacial score (nSPS) is 14.1. The van der Waals surface area contributed by atoms with Crippen molar-refractivity contribution in [2.24, 2.45) is 0 Å². The van der Waals surface area contributed by atoms with Crippen LogP contribution in [0.25, 0.3) is 11.2 Å². The van der Waals surface area contributed by atoms with Crippen LogP contribution in [0.5, 0.6) is 11.5 Å². The van der Waals surface area contributed by atoms with E-state index in [2.05, 4.69) is 36.5 Å². The second-order valence-electron chi connectivity index (χ2n) is 9.08. The Morgan fingerprint density at radius 1 is 1.20 bits per heavy atom. The fourth-order valence-electron chi connectivity index (χ4n) is 4.80. The standard InChI is InChI=1S/C29H26FN3O2/c1-17(2)28-24(33-11-5-6-25(34-4)29(33)32-28)13-19-7-9-22-20(12-19)16-35-26-14-21(30)8-10-23(26)27(22)18(3)15-31/h5-12,14,17H,13,16H2,1-4H3/b27-18+. The van der Waals surface area contributed by atoms with Crippen molar-refractivity contribution >= 4 is 11.2 Å². The third-order valence-corrected chi connectivity index (χ3v) is 6.46. The van der Waals surface area contributed by atoms with Gasteiger partial charge in [-0.3, -0.25) is 0 Å².